The van der Waals surface area contributed by atoms with Crippen LogP contribution in [-0.4, -0.2) is 50.2 Å². The molecule has 0 N–H and O–H groups in total. The summed E-state index contributed by atoms with van der Waals surface area (Å²) in [5.41, 5.74) is 0. The van der Waals surface area contributed by atoms with Crippen LogP contribution >= 0.6 is 0 Å². The molecule has 0 aliphatic carbocycles. The summed E-state index contributed by atoms with van der Waals surface area (Å²) < 4.78 is 9.41. The van der Waals surface area contributed by atoms with Gasteiger partial charge in [0.25, 0.3) is 0 Å². The van der Waals surface area contributed by atoms with Crippen LogP contribution in [0.1, 0.15) is 13.8 Å². The minimum atomic E-state index is -0.801. The molecule has 5 nitrogen and oxygen atoms in total. The second kappa shape index (κ2) is 7.32. The van der Waals surface area contributed by atoms with Crippen molar-refractivity contribution in [2.45, 2.75) is 13.8 Å². The fourth-order valence-electron chi connectivity index (χ4n) is 0.927. The molecule has 5 heteroatoms. The summed E-state index contributed by atoms with van der Waals surface area (Å²) in [7, 11) is 1.54. The van der Waals surface area contributed by atoms with E-state index in [0.29, 0.717) is 19.7 Å². The molecule has 0 saturated carbocycles. The number of amides is 1. The first-order valence-corrected chi connectivity index (χ1v) is 4.62. The molecule has 0 heterocycles. The summed E-state index contributed by atoms with van der Waals surface area (Å²) in [5, 5.41) is 0. The molecule has 0 aromatic carbocycles. The van der Waals surface area contributed by atoms with E-state index in [9.17, 15) is 9.59 Å². The van der Waals surface area contributed by atoms with Crippen molar-refractivity contribution in [2.24, 2.45) is 0 Å². The fraction of sp³-hybridized carbons (Fsp3) is 0.778. The highest BCUT2D eigenvalue weighted by Crippen LogP contribution is 1.92. The van der Waals surface area contributed by atoms with E-state index in [1.54, 1.807) is 21.0 Å². The molecule has 0 unspecified atom stereocenters. The largest absolute Gasteiger partial charge is 0.459 e. The molecule has 0 saturated heterocycles. The van der Waals surface area contributed by atoms with Crippen LogP contribution in [0.5, 0.6) is 0 Å². The van der Waals surface area contributed by atoms with Gasteiger partial charge in [-0.05, 0) is 13.8 Å². The van der Waals surface area contributed by atoms with Gasteiger partial charge in [0, 0.05) is 20.2 Å². The Kier molecular flexibility index (Phi) is 6.74. The molecule has 82 valence electrons. The minimum Gasteiger partial charge on any atom is -0.459 e. The van der Waals surface area contributed by atoms with Gasteiger partial charge in [-0.15, -0.1) is 0 Å². The quantitative estimate of drug-likeness (QED) is 0.468. The zero-order chi connectivity index (χ0) is 11.0. The van der Waals surface area contributed by atoms with E-state index in [1.807, 2.05) is 0 Å². The number of rotatable bonds is 5. The van der Waals surface area contributed by atoms with Crippen LogP contribution < -0.4 is 0 Å². The van der Waals surface area contributed by atoms with Gasteiger partial charge in [-0.3, -0.25) is 4.79 Å². The molecule has 0 aromatic rings. The zero-order valence-electron chi connectivity index (χ0n) is 8.91. The van der Waals surface area contributed by atoms with Gasteiger partial charge in [-0.1, -0.05) is 0 Å². The molecule has 0 aliphatic rings. The van der Waals surface area contributed by atoms with E-state index in [2.05, 4.69) is 4.74 Å². The topological polar surface area (TPSA) is 55.8 Å². The molecule has 14 heavy (non-hydrogen) atoms. The molecule has 0 aliphatic heterocycles. The molecular weight excluding hydrogens is 186 g/mol. The molecule has 0 atom stereocenters. The van der Waals surface area contributed by atoms with Gasteiger partial charge in [0.2, 0.25) is 0 Å². The van der Waals surface area contributed by atoms with Crippen LogP contribution in [0.25, 0.3) is 0 Å². The highest BCUT2D eigenvalue weighted by Gasteiger charge is 2.21. The number of hydrogen-bond acceptors (Lipinski definition) is 4. The molecule has 0 fully saturated rings. The number of hydrogen-bond donors (Lipinski definition) is 0. The summed E-state index contributed by atoms with van der Waals surface area (Å²) in [5.74, 6) is -1.41. The average Bonchev–Trinajstić information content (AvgIpc) is 2.19. The van der Waals surface area contributed by atoms with Gasteiger partial charge in [-0.25, -0.2) is 4.79 Å². The first-order chi connectivity index (χ1) is 6.67. The minimum absolute atomic E-state index is 0.215. The maximum absolute atomic E-state index is 11.4. The van der Waals surface area contributed by atoms with Gasteiger partial charge in [0.05, 0.1) is 13.2 Å². The Morgan fingerprint density at radius 3 is 2.36 bits per heavy atom. The number of carbonyl (C=O) groups excluding carboxylic acids is 2. The summed E-state index contributed by atoms with van der Waals surface area (Å²) in [6.45, 7) is 4.97. The van der Waals surface area contributed by atoms with Crippen LogP contribution in [0.4, 0.5) is 0 Å². The lowest BCUT2D eigenvalue weighted by atomic mass is 10.4. The SMILES string of the molecule is CCOC(=O)C(=O)N(CC)CCOC. The summed E-state index contributed by atoms with van der Waals surface area (Å²) in [4.78, 5) is 23.8. The normalized spacial score (nSPS) is 9.64. The van der Waals surface area contributed by atoms with E-state index in [4.69, 9.17) is 4.74 Å². The number of ether oxygens (including phenoxy) is 2. The highest BCUT2D eigenvalue weighted by atomic mass is 16.5. The van der Waals surface area contributed by atoms with Gasteiger partial charge >= 0.3 is 11.9 Å². The first kappa shape index (κ1) is 12.9. The van der Waals surface area contributed by atoms with Gasteiger partial charge in [-0.2, -0.15) is 0 Å². The number of carbonyl (C=O) groups is 2. The molecule has 0 rings (SSSR count). The van der Waals surface area contributed by atoms with Crippen LogP contribution in [0.15, 0.2) is 0 Å². The third-order valence-electron chi connectivity index (χ3n) is 1.68. The fourth-order valence-corrected chi connectivity index (χ4v) is 0.927. The standard InChI is InChI=1S/C9H17NO4/c1-4-10(6-7-13-3)8(11)9(12)14-5-2/h4-7H2,1-3H3. The van der Waals surface area contributed by atoms with E-state index in [0.717, 1.165) is 0 Å². The predicted octanol–water partition coefficient (Wildman–Crippen LogP) is 0.0444. The van der Waals surface area contributed by atoms with E-state index in [1.165, 1.54) is 4.90 Å². The summed E-state index contributed by atoms with van der Waals surface area (Å²) >= 11 is 0. The van der Waals surface area contributed by atoms with Gasteiger partial charge < -0.3 is 14.4 Å². The second-order valence-corrected chi connectivity index (χ2v) is 2.60. The number of nitrogens with zero attached hydrogens (tertiary/aromatic N) is 1. The zero-order valence-corrected chi connectivity index (χ0v) is 8.91. The van der Waals surface area contributed by atoms with Crippen molar-refractivity contribution < 1.29 is 19.1 Å². The van der Waals surface area contributed by atoms with E-state index < -0.39 is 11.9 Å². The van der Waals surface area contributed by atoms with Crippen molar-refractivity contribution in [3.63, 3.8) is 0 Å². The van der Waals surface area contributed by atoms with E-state index >= 15 is 0 Å². The number of methoxy groups -OCH3 is 1. The highest BCUT2D eigenvalue weighted by molar-refractivity contribution is 6.32. The molecular formula is C9H17NO4. The van der Waals surface area contributed by atoms with Crippen molar-refractivity contribution in [3.8, 4) is 0 Å². The average molecular weight is 203 g/mol. The third-order valence-corrected chi connectivity index (χ3v) is 1.68. The van der Waals surface area contributed by atoms with Crippen LogP contribution in [0.2, 0.25) is 0 Å². The maximum Gasteiger partial charge on any atom is 0.397 e. The lowest BCUT2D eigenvalue weighted by Gasteiger charge is -2.18. The monoisotopic (exact) mass is 203 g/mol. The Hall–Kier alpha value is -1.10. The molecule has 0 aromatic heterocycles. The van der Waals surface area contributed by atoms with Gasteiger partial charge in [0.15, 0.2) is 0 Å². The lowest BCUT2D eigenvalue weighted by molar-refractivity contribution is -0.160. The Labute approximate surface area is 84.0 Å². The van der Waals surface area contributed by atoms with Crippen molar-refractivity contribution in [1.29, 1.82) is 0 Å². The molecule has 1 amide bonds. The molecule has 0 spiro atoms. The van der Waals surface area contributed by atoms with Crippen molar-refractivity contribution >= 4 is 11.9 Å². The number of esters is 1. The predicted molar refractivity (Wildman–Crippen MR) is 50.8 cm³/mol. The van der Waals surface area contributed by atoms with Crippen LogP contribution in [-0.2, 0) is 19.1 Å². The summed E-state index contributed by atoms with van der Waals surface area (Å²) in [6.07, 6.45) is 0. The summed E-state index contributed by atoms with van der Waals surface area (Å²) in [6, 6.07) is 0. The van der Waals surface area contributed by atoms with E-state index in [-0.39, 0.29) is 6.61 Å². The Balaban J connectivity index is 4.09. The van der Waals surface area contributed by atoms with Crippen LogP contribution in [0.3, 0.4) is 0 Å². The molecule has 0 bridgehead atoms. The van der Waals surface area contributed by atoms with Crippen molar-refractivity contribution in [2.75, 3.05) is 33.4 Å². The van der Waals surface area contributed by atoms with Crippen molar-refractivity contribution in [3.05, 3.63) is 0 Å². The van der Waals surface area contributed by atoms with Gasteiger partial charge in [0.1, 0.15) is 0 Å². The third kappa shape index (κ3) is 4.23. The first-order valence-electron chi connectivity index (χ1n) is 4.62. The Morgan fingerprint density at radius 2 is 1.93 bits per heavy atom. The van der Waals surface area contributed by atoms with Crippen LogP contribution in [0, 0.1) is 0 Å². The Morgan fingerprint density at radius 1 is 1.29 bits per heavy atom. The molecule has 0 radical (unpaired) electrons. The number of likely N-dealkylation sites (N-methyl/N-ethyl adjacent to an activating group) is 1. The smallest absolute Gasteiger partial charge is 0.397 e. The second-order valence-electron chi connectivity index (χ2n) is 2.60. The van der Waals surface area contributed by atoms with Crippen molar-refractivity contribution in [1.82, 2.24) is 4.90 Å². The lowest BCUT2D eigenvalue weighted by Crippen LogP contribution is -2.39. The maximum atomic E-state index is 11.4. The Bertz CT molecular complexity index is 193.